The Morgan fingerprint density at radius 1 is 1.03 bits per heavy atom. The van der Waals surface area contributed by atoms with Gasteiger partial charge in [-0.1, -0.05) is 58.9 Å². The molecule has 0 bridgehead atoms. The Kier molecular flexibility index (Phi) is 8.38. The van der Waals surface area contributed by atoms with Crippen LogP contribution in [-0.2, 0) is 31.6 Å². The predicted molar refractivity (Wildman–Crippen MR) is 138 cm³/mol. The van der Waals surface area contributed by atoms with E-state index in [1.54, 1.807) is 12.1 Å². The SMILES string of the molecule is CC(C)C(=O)Nc1cccc(CNC(=O)C2CCN(S(=O)(=O)c3ccc(C(C)(C)C)cc3)CC2)c1. The van der Waals surface area contributed by atoms with Crippen LogP contribution in [0.5, 0.6) is 0 Å². The Bertz CT molecular complexity index is 1140. The van der Waals surface area contributed by atoms with Gasteiger partial charge in [0.2, 0.25) is 21.8 Å². The van der Waals surface area contributed by atoms with E-state index in [1.165, 1.54) is 4.31 Å². The monoisotopic (exact) mass is 499 g/mol. The van der Waals surface area contributed by atoms with Crippen LogP contribution >= 0.6 is 0 Å². The lowest BCUT2D eigenvalue weighted by Crippen LogP contribution is -2.42. The fraction of sp³-hybridized carbons (Fsp3) is 0.481. The zero-order valence-corrected chi connectivity index (χ0v) is 22.1. The van der Waals surface area contributed by atoms with Gasteiger partial charge in [0.1, 0.15) is 0 Å². The highest BCUT2D eigenvalue weighted by Gasteiger charge is 2.32. The topological polar surface area (TPSA) is 95.6 Å². The maximum atomic E-state index is 13.1. The Morgan fingerprint density at radius 3 is 2.23 bits per heavy atom. The second kappa shape index (κ2) is 10.9. The van der Waals surface area contributed by atoms with Gasteiger partial charge in [0, 0.05) is 37.2 Å². The lowest BCUT2D eigenvalue weighted by Gasteiger charge is -2.30. The summed E-state index contributed by atoms with van der Waals surface area (Å²) in [4.78, 5) is 24.9. The Hall–Kier alpha value is -2.71. The third-order valence-electron chi connectivity index (χ3n) is 6.37. The molecule has 1 aliphatic rings. The van der Waals surface area contributed by atoms with E-state index in [0.717, 1.165) is 11.1 Å². The number of benzene rings is 2. The minimum Gasteiger partial charge on any atom is -0.352 e. The van der Waals surface area contributed by atoms with Gasteiger partial charge in [-0.05, 0) is 53.6 Å². The number of anilines is 1. The highest BCUT2D eigenvalue weighted by Crippen LogP contribution is 2.27. The van der Waals surface area contributed by atoms with E-state index in [0.29, 0.717) is 38.2 Å². The molecule has 2 N–H and O–H groups in total. The molecule has 0 unspecified atom stereocenters. The van der Waals surface area contributed by atoms with Gasteiger partial charge in [-0.15, -0.1) is 0 Å². The van der Waals surface area contributed by atoms with Crippen molar-refractivity contribution in [3.63, 3.8) is 0 Å². The summed E-state index contributed by atoms with van der Waals surface area (Å²) >= 11 is 0. The molecule has 1 fully saturated rings. The summed E-state index contributed by atoms with van der Waals surface area (Å²) < 4.78 is 27.6. The molecule has 7 nitrogen and oxygen atoms in total. The summed E-state index contributed by atoms with van der Waals surface area (Å²) in [5, 5.41) is 5.82. The van der Waals surface area contributed by atoms with Crippen molar-refractivity contribution in [2.24, 2.45) is 11.8 Å². The number of nitrogens with zero attached hydrogens (tertiary/aromatic N) is 1. The molecule has 0 aliphatic carbocycles. The average molecular weight is 500 g/mol. The van der Waals surface area contributed by atoms with Gasteiger partial charge in [0.25, 0.3) is 0 Å². The molecule has 1 heterocycles. The summed E-state index contributed by atoms with van der Waals surface area (Å²) in [7, 11) is -3.58. The molecule has 3 rings (SSSR count). The van der Waals surface area contributed by atoms with Crippen molar-refractivity contribution in [1.82, 2.24) is 9.62 Å². The number of piperidine rings is 1. The summed E-state index contributed by atoms with van der Waals surface area (Å²) in [5.74, 6) is -0.476. The molecule has 190 valence electrons. The second-order valence-corrected chi connectivity index (χ2v) is 12.5. The lowest BCUT2D eigenvalue weighted by atomic mass is 9.87. The van der Waals surface area contributed by atoms with Gasteiger partial charge in [0.05, 0.1) is 4.90 Å². The first-order chi connectivity index (χ1) is 16.4. The van der Waals surface area contributed by atoms with Crippen LogP contribution in [0.15, 0.2) is 53.4 Å². The molecule has 2 amide bonds. The van der Waals surface area contributed by atoms with Crippen LogP contribution in [0.25, 0.3) is 0 Å². The van der Waals surface area contributed by atoms with Crippen LogP contribution in [0.2, 0.25) is 0 Å². The number of carbonyl (C=O) groups excluding carboxylic acids is 2. The van der Waals surface area contributed by atoms with Gasteiger partial charge < -0.3 is 10.6 Å². The maximum absolute atomic E-state index is 13.1. The number of sulfonamides is 1. The highest BCUT2D eigenvalue weighted by molar-refractivity contribution is 7.89. The maximum Gasteiger partial charge on any atom is 0.243 e. The van der Waals surface area contributed by atoms with Crippen molar-refractivity contribution < 1.29 is 18.0 Å². The standard InChI is InChI=1S/C27H37N3O4S/c1-19(2)25(31)29-23-8-6-7-20(17-23)18-28-26(32)21-13-15-30(16-14-21)35(33,34)24-11-9-22(10-12-24)27(3,4)5/h6-12,17,19,21H,13-16,18H2,1-5H3,(H,28,32)(H,29,31). The van der Waals surface area contributed by atoms with Crippen molar-refractivity contribution in [2.45, 2.75) is 64.3 Å². The zero-order valence-electron chi connectivity index (χ0n) is 21.3. The van der Waals surface area contributed by atoms with Crippen molar-refractivity contribution in [2.75, 3.05) is 18.4 Å². The van der Waals surface area contributed by atoms with Gasteiger partial charge in [-0.2, -0.15) is 4.31 Å². The van der Waals surface area contributed by atoms with E-state index in [1.807, 2.05) is 50.2 Å². The quantitative estimate of drug-likeness (QED) is 0.594. The molecule has 1 saturated heterocycles. The van der Waals surface area contributed by atoms with E-state index >= 15 is 0 Å². The molecule has 0 radical (unpaired) electrons. The second-order valence-electron chi connectivity index (χ2n) is 10.5. The molecule has 0 spiro atoms. The van der Waals surface area contributed by atoms with Crippen molar-refractivity contribution >= 4 is 27.5 Å². The molecule has 2 aromatic rings. The molecule has 0 saturated carbocycles. The van der Waals surface area contributed by atoms with Crippen LogP contribution in [0, 0.1) is 11.8 Å². The molecular weight excluding hydrogens is 462 g/mol. The first-order valence-corrected chi connectivity index (χ1v) is 13.6. The number of nitrogens with one attached hydrogen (secondary N) is 2. The van der Waals surface area contributed by atoms with E-state index in [-0.39, 0.29) is 34.0 Å². The summed E-state index contributed by atoms with van der Waals surface area (Å²) in [5.41, 5.74) is 2.62. The van der Waals surface area contributed by atoms with Gasteiger partial charge >= 0.3 is 0 Å². The van der Waals surface area contributed by atoms with Crippen LogP contribution in [0.1, 0.15) is 58.6 Å². The first kappa shape index (κ1) is 26.9. The molecule has 1 aliphatic heterocycles. The van der Waals surface area contributed by atoms with Crippen molar-refractivity contribution in [3.8, 4) is 0 Å². The Morgan fingerprint density at radius 2 is 1.66 bits per heavy atom. The van der Waals surface area contributed by atoms with Crippen LogP contribution in [0.3, 0.4) is 0 Å². The minimum atomic E-state index is -3.58. The van der Waals surface area contributed by atoms with Crippen molar-refractivity contribution in [1.29, 1.82) is 0 Å². The van der Waals surface area contributed by atoms with Gasteiger partial charge in [0.15, 0.2) is 0 Å². The highest BCUT2D eigenvalue weighted by atomic mass is 32.2. The average Bonchev–Trinajstić information content (AvgIpc) is 2.82. The third-order valence-corrected chi connectivity index (χ3v) is 8.28. The van der Waals surface area contributed by atoms with E-state index in [4.69, 9.17) is 0 Å². The number of hydrogen-bond acceptors (Lipinski definition) is 4. The molecular formula is C27H37N3O4S. The minimum absolute atomic E-state index is 0.0443. The fourth-order valence-electron chi connectivity index (χ4n) is 4.01. The number of hydrogen-bond donors (Lipinski definition) is 2. The Labute approximate surface area is 209 Å². The van der Waals surface area contributed by atoms with Crippen LogP contribution in [0.4, 0.5) is 5.69 Å². The first-order valence-electron chi connectivity index (χ1n) is 12.2. The van der Waals surface area contributed by atoms with Crippen molar-refractivity contribution in [3.05, 3.63) is 59.7 Å². The molecule has 0 aromatic heterocycles. The van der Waals surface area contributed by atoms with Gasteiger partial charge in [-0.25, -0.2) is 8.42 Å². The molecule has 8 heteroatoms. The van der Waals surface area contributed by atoms with Gasteiger partial charge in [-0.3, -0.25) is 9.59 Å². The Balaban J connectivity index is 1.53. The number of amides is 2. The lowest BCUT2D eigenvalue weighted by molar-refractivity contribution is -0.126. The zero-order chi connectivity index (χ0) is 25.8. The fourth-order valence-corrected chi connectivity index (χ4v) is 5.48. The molecule has 0 atom stereocenters. The number of rotatable bonds is 7. The normalized spacial score (nSPS) is 15.7. The van der Waals surface area contributed by atoms with E-state index in [9.17, 15) is 18.0 Å². The largest absolute Gasteiger partial charge is 0.352 e. The summed E-state index contributed by atoms with van der Waals surface area (Å²) in [6.07, 6.45) is 0.964. The predicted octanol–water partition coefficient (Wildman–Crippen LogP) is 4.30. The molecule has 35 heavy (non-hydrogen) atoms. The molecule has 2 aromatic carbocycles. The van der Waals surface area contributed by atoms with Crippen LogP contribution < -0.4 is 10.6 Å². The smallest absolute Gasteiger partial charge is 0.243 e. The summed E-state index contributed by atoms with van der Waals surface area (Å²) in [6.45, 7) is 10.9. The summed E-state index contributed by atoms with van der Waals surface area (Å²) in [6, 6.07) is 14.5. The van der Waals surface area contributed by atoms with E-state index < -0.39 is 10.0 Å². The third kappa shape index (κ3) is 6.92. The number of carbonyl (C=O) groups is 2. The van der Waals surface area contributed by atoms with E-state index in [2.05, 4.69) is 31.4 Å². The van der Waals surface area contributed by atoms with Crippen LogP contribution in [-0.4, -0.2) is 37.6 Å².